The summed E-state index contributed by atoms with van der Waals surface area (Å²) in [4.78, 5) is 0. The normalized spacial score (nSPS) is 10.6. The van der Waals surface area contributed by atoms with Crippen LogP contribution in [0.15, 0.2) is 42.5 Å². The van der Waals surface area contributed by atoms with Crippen LogP contribution >= 0.6 is 0 Å². The van der Waals surface area contributed by atoms with Crippen LogP contribution in [0, 0.1) is 5.82 Å². The highest BCUT2D eigenvalue weighted by molar-refractivity contribution is 5.46. The molecule has 0 aliphatic carbocycles. The summed E-state index contributed by atoms with van der Waals surface area (Å²) in [5, 5.41) is 6.54. The van der Waals surface area contributed by atoms with Crippen LogP contribution in [0.1, 0.15) is 17.5 Å². The molecule has 0 aliphatic heterocycles. The summed E-state index contributed by atoms with van der Waals surface area (Å²) in [5.41, 5.74) is 1.95. The van der Waals surface area contributed by atoms with E-state index in [-0.39, 0.29) is 5.82 Å². The van der Waals surface area contributed by atoms with Crippen molar-refractivity contribution in [1.29, 1.82) is 0 Å². The van der Waals surface area contributed by atoms with Gasteiger partial charge in [-0.1, -0.05) is 24.3 Å². The van der Waals surface area contributed by atoms with Gasteiger partial charge in [-0.25, -0.2) is 4.39 Å². The number of para-hydroxylation sites is 1. The highest BCUT2D eigenvalue weighted by Crippen LogP contribution is 2.31. The van der Waals surface area contributed by atoms with Gasteiger partial charge in [0, 0.05) is 12.1 Å². The Morgan fingerprint density at radius 3 is 2.54 bits per heavy atom. The molecule has 2 aromatic carbocycles. The van der Waals surface area contributed by atoms with E-state index in [0.717, 1.165) is 36.4 Å². The van der Waals surface area contributed by atoms with Gasteiger partial charge >= 0.3 is 0 Å². The molecule has 0 atom stereocenters. The van der Waals surface area contributed by atoms with Crippen LogP contribution in [0.3, 0.4) is 0 Å². The van der Waals surface area contributed by atoms with Gasteiger partial charge in [-0.15, -0.1) is 0 Å². The van der Waals surface area contributed by atoms with E-state index in [1.165, 1.54) is 12.1 Å². The molecule has 24 heavy (non-hydrogen) atoms. The number of hydrogen-bond acceptors (Lipinski definition) is 4. The van der Waals surface area contributed by atoms with Crippen LogP contribution in [-0.4, -0.2) is 27.2 Å². The molecule has 0 saturated carbocycles. The third kappa shape index (κ3) is 5.51. The number of halogens is 1. The van der Waals surface area contributed by atoms with E-state index in [1.807, 2.05) is 25.2 Å². The monoisotopic (exact) mass is 332 g/mol. The second-order valence-electron chi connectivity index (χ2n) is 5.50. The van der Waals surface area contributed by atoms with Gasteiger partial charge < -0.3 is 20.1 Å². The zero-order valence-electron chi connectivity index (χ0n) is 14.3. The summed E-state index contributed by atoms with van der Waals surface area (Å²) >= 11 is 0. The first-order valence-corrected chi connectivity index (χ1v) is 8.13. The number of benzene rings is 2. The van der Waals surface area contributed by atoms with E-state index >= 15 is 0 Å². The molecule has 0 heterocycles. The van der Waals surface area contributed by atoms with Gasteiger partial charge in [-0.3, -0.25) is 0 Å². The minimum Gasteiger partial charge on any atom is -0.493 e. The first-order valence-electron chi connectivity index (χ1n) is 8.13. The molecule has 0 unspecified atom stereocenters. The maximum absolute atomic E-state index is 13.0. The van der Waals surface area contributed by atoms with Gasteiger partial charge in [-0.05, 0) is 50.3 Å². The molecule has 4 nitrogen and oxygen atoms in total. The fourth-order valence-electron chi connectivity index (χ4n) is 2.37. The van der Waals surface area contributed by atoms with Crippen LogP contribution in [0.2, 0.25) is 0 Å². The van der Waals surface area contributed by atoms with Crippen molar-refractivity contribution in [3.63, 3.8) is 0 Å². The molecule has 5 heteroatoms. The SMILES string of the molecule is CNCCCNCc1cccc(OC)c1OCc1ccc(F)cc1. The molecule has 130 valence electrons. The lowest BCUT2D eigenvalue weighted by Gasteiger charge is -2.16. The summed E-state index contributed by atoms with van der Waals surface area (Å²) in [5.74, 6) is 1.18. The third-order valence-electron chi connectivity index (χ3n) is 3.67. The Bertz CT molecular complexity index is 617. The topological polar surface area (TPSA) is 42.5 Å². The number of ether oxygens (including phenoxy) is 2. The average Bonchev–Trinajstić information content (AvgIpc) is 2.61. The minimum absolute atomic E-state index is 0.248. The summed E-state index contributed by atoms with van der Waals surface area (Å²) in [7, 11) is 3.58. The molecule has 0 bridgehead atoms. The Hall–Kier alpha value is -2.11. The van der Waals surface area contributed by atoms with E-state index in [9.17, 15) is 4.39 Å². The predicted octanol–water partition coefficient (Wildman–Crippen LogP) is 3.11. The molecule has 2 rings (SSSR count). The highest BCUT2D eigenvalue weighted by atomic mass is 19.1. The fraction of sp³-hybridized carbons (Fsp3) is 0.368. The molecule has 0 aliphatic rings. The molecule has 0 aromatic heterocycles. The summed E-state index contributed by atoms with van der Waals surface area (Å²) in [6, 6.07) is 12.2. The maximum Gasteiger partial charge on any atom is 0.166 e. The van der Waals surface area contributed by atoms with Gasteiger partial charge in [0.2, 0.25) is 0 Å². The lowest BCUT2D eigenvalue weighted by molar-refractivity contribution is 0.280. The Morgan fingerprint density at radius 1 is 1.04 bits per heavy atom. The van der Waals surface area contributed by atoms with Crippen molar-refractivity contribution in [3.05, 3.63) is 59.4 Å². The molecular weight excluding hydrogens is 307 g/mol. The molecule has 0 amide bonds. The Kier molecular flexibility index (Phi) is 7.52. The van der Waals surface area contributed by atoms with Crippen molar-refractivity contribution in [1.82, 2.24) is 10.6 Å². The van der Waals surface area contributed by atoms with Crippen molar-refractivity contribution >= 4 is 0 Å². The zero-order chi connectivity index (χ0) is 17.2. The lowest BCUT2D eigenvalue weighted by Crippen LogP contribution is -2.19. The molecular formula is C19H25FN2O2. The Morgan fingerprint density at radius 2 is 1.83 bits per heavy atom. The smallest absolute Gasteiger partial charge is 0.166 e. The first-order chi connectivity index (χ1) is 11.7. The van der Waals surface area contributed by atoms with Crippen molar-refractivity contribution in [2.45, 2.75) is 19.6 Å². The second kappa shape index (κ2) is 9.90. The first kappa shape index (κ1) is 18.2. The highest BCUT2D eigenvalue weighted by Gasteiger charge is 2.10. The molecule has 2 aromatic rings. The number of rotatable bonds is 10. The standard InChI is InChI=1S/C19H25FN2O2/c1-21-11-4-12-22-13-16-5-3-6-18(23-2)19(16)24-14-15-7-9-17(20)10-8-15/h3,5-10,21-22H,4,11-14H2,1-2H3. The van der Waals surface area contributed by atoms with Crippen LogP contribution in [-0.2, 0) is 13.2 Å². The fourth-order valence-corrected chi connectivity index (χ4v) is 2.37. The number of hydrogen-bond donors (Lipinski definition) is 2. The molecule has 0 spiro atoms. The average molecular weight is 332 g/mol. The van der Waals surface area contributed by atoms with Crippen LogP contribution in [0.25, 0.3) is 0 Å². The van der Waals surface area contributed by atoms with Gasteiger partial charge in [0.05, 0.1) is 7.11 Å². The van der Waals surface area contributed by atoms with E-state index in [2.05, 4.69) is 10.6 Å². The van der Waals surface area contributed by atoms with Gasteiger partial charge in [0.25, 0.3) is 0 Å². The molecule has 0 fully saturated rings. The van der Waals surface area contributed by atoms with E-state index in [4.69, 9.17) is 9.47 Å². The zero-order valence-corrected chi connectivity index (χ0v) is 14.3. The van der Waals surface area contributed by atoms with E-state index < -0.39 is 0 Å². The summed E-state index contributed by atoms with van der Waals surface area (Å²) in [6.07, 6.45) is 1.06. The van der Waals surface area contributed by atoms with E-state index in [0.29, 0.717) is 18.9 Å². The van der Waals surface area contributed by atoms with Gasteiger partial charge in [-0.2, -0.15) is 0 Å². The van der Waals surface area contributed by atoms with Gasteiger partial charge in [0.1, 0.15) is 12.4 Å². The third-order valence-corrected chi connectivity index (χ3v) is 3.67. The van der Waals surface area contributed by atoms with Crippen molar-refractivity contribution in [2.75, 3.05) is 27.2 Å². The predicted molar refractivity (Wildman–Crippen MR) is 94.0 cm³/mol. The van der Waals surface area contributed by atoms with E-state index in [1.54, 1.807) is 19.2 Å². The molecule has 0 saturated heterocycles. The Balaban J connectivity index is 2.01. The summed E-state index contributed by atoms with van der Waals surface area (Å²) in [6.45, 7) is 2.99. The second-order valence-corrected chi connectivity index (χ2v) is 5.50. The minimum atomic E-state index is -0.248. The quantitative estimate of drug-likeness (QED) is 0.656. The van der Waals surface area contributed by atoms with Gasteiger partial charge in [0.15, 0.2) is 11.5 Å². The lowest BCUT2D eigenvalue weighted by atomic mass is 10.1. The van der Waals surface area contributed by atoms with Crippen LogP contribution in [0.4, 0.5) is 4.39 Å². The molecule has 2 N–H and O–H groups in total. The van der Waals surface area contributed by atoms with Crippen molar-refractivity contribution in [2.24, 2.45) is 0 Å². The maximum atomic E-state index is 13.0. The van der Waals surface area contributed by atoms with Crippen molar-refractivity contribution < 1.29 is 13.9 Å². The number of methoxy groups -OCH3 is 1. The largest absolute Gasteiger partial charge is 0.493 e. The van der Waals surface area contributed by atoms with Crippen LogP contribution in [0.5, 0.6) is 11.5 Å². The van der Waals surface area contributed by atoms with Crippen LogP contribution < -0.4 is 20.1 Å². The number of nitrogens with one attached hydrogen (secondary N) is 2. The molecule has 0 radical (unpaired) electrons. The summed E-state index contributed by atoms with van der Waals surface area (Å²) < 4.78 is 24.4. The van der Waals surface area contributed by atoms with Crippen molar-refractivity contribution in [3.8, 4) is 11.5 Å². The Labute approximate surface area is 143 Å².